The second-order valence-corrected chi connectivity index (χ2v) is 9.38. The van der Waals surface area contributed by atoms with E-state index in [1.807, 2.05) is 18.7 Å². The molecule has 0 radical (unpaired) electrons. The van der Waals surface area contributed by atoms with E-state index in [0.29, 0.717) is 0 Å². The quantitative estimate of drug-likeness (QED) is 0.201. The first-order chi connectivity index (χ1) is 15.7. The zero-order chi connectivity index (χ0) is 23.3. The number of aryl methyl sites for hydroxylation is 2. The maximum atomic E-state index is 11.8. The number of amides is 2. The Labute approximate surface area is 199 Å². The minimum Gasteiger partial charge on any atom is -0.338 e. The average molecular weight is 445 g/mol. The van der Waals surface area contributed by atoms with Gasteiger partial charge in [0, 0.05) is 19.6 Å². The summed E-state index contributed by atoms with van der Waals surface area (Å²) in [6, 6.07) is 8.91. The molecule has 1 aromatic carbocycles. The van der Waals surface area contributed by atoms with Crippen LogP contribution in [-0.2, 0) is 6.42 Å². The first-order valence-electron chi connectivity index (χ1n) is 13.8. The van der Waals surface area contributed by atoms with E-state index in [1.54, 1.807) is 0 Å². The SMILES string of the molecule is CCN(CC)C(=O)NCCCCCCCCCCCCCCCCCc1ccccc1C. The number of hydrogen-bond donors (Lipinski definition) is 1. The molecule has 0 bridgehead atoms. The fourth-order valence-electron chi connectivity index (χ4n) is 4.45. The Morgan fingerprint density at radius 2 is 1.12 bits per heavy atom. The first-order valence-corrected chi connectivity index (χ1v) is 13.8. The molecule has 0 saturated carbocycles. The van der Waals surface area contributed by atoms with Crippen LogP contribution in [0.5, 0.6) is 0 Å². The van der Waals surface area contributed by atoms with Gasteiger partial charge in [-0.1, -0.05) is 108 Å². The smallest absolute Gasteiger partial charge is 0.317 e. The van der Waals surface area contributed by atoms with Crippen LogP contribution in [0.1, 0.15) is 121 Å². The number of hydrogen-bond acceptors (Lipinski definition) is 1. The van der Waals surface area contributed by atoms with Crippen molar-refractivity contribution in [1.29, 1.82) is 0 Å². The largest absolute Gasteiger partial charge is 0.338 e. The molecule has 0 aromatic heterocycles. The van der Waals surface area contributed by atoms with Gasteiger partial charge in [-0.25, -0.2) is 4.79 Å². The van der Waals surface area contributed by atoms with Crippen molar-refractivity contribution in [3.63, 3.8) is 0 Å². The summed E-state index contributed by atoms with van der Waals surface area (Å²) in [6.07, 6.45) is 21.7. The van der Waals surface area contributed by atoms with Gasteiger partial charge in [0.15, 0.2) is 0 Å². The third-order valence-electron chi connectivity index (χ3n) is 6.71. The van der Waals surface area contributed by atoms with Crippen LogP contribution in [-0.4, -0.2) is 30.6 Å². The van der Waals surface area contributed by atoms with Crippen molar-refractivity contribution in [3.05, 3.63) is 35.4 Å². The standard InChI is InChI=1S/C29H52N2O/c1-4-31(5-2)29(32)30-26-22-18-16-14-12-10-8-6-7-9-11-13-15-17-19-24-28-25-21-20-23-27(28)3/h20-21,23,25H,4-19,22,24,26H2,1-3H3,(H,30,32). The van der Waals surface area contributed by atoms with Gasteiger partial charge in [0.1, 0.15) is 0 Å². The monoisotopic (exact) mass is 444 g/mol. The number of nitrogens with one attached hydrogen (secondary N) is 1. The van der Waals surface area contributed by atoms with Gasteiger partial charge in [-0.05, 0) is 51.2 Å². The van der Waals surface area contributed by atoms with Crippen LogP contribution in [0.2, 0.25) is 0 Å². The molecule has 2 amide bonds. The minimum absolute atomic E-state index is 0.0909. The van der Waals surface area contributed by atoms with Crippen molar-refractivity contribution >= 4 is 6.03 Å². The van der Waals surface area contributed by atoms with Crippen LogP contribution in [0.3, 0.4) is 0 Å². The Morgan fingerprint density at radius 1 is 0.688 bits per heavy atom. The fourth-order valence-corrected chi connectivity index (χ4v) is 4.45. The molecule has 0 aliphatic rings. The van der Waals surface area contributed by atoms with Gasteiger partial charge in [-0.3, -0.25) is 0 Å². The number of nitrogens with zero attached hydrogens (tertiary/aromatic N) is 1. The number of benzene rings is 1. The number of carbonyl (C=O) groups is 1. The van der Waals surface area contributed by atoms with Crippen LogP contribution >= 0.6 is 0 Å². The van der Waals surface area contributed by atoms with Gasteiger partial charge in [0.25, 0.3) is 0 Å². The third kappa shape index (κ3) is 14.5. The molecule has 0 aliphatic carbocycles. The van der Waals surface area contributed by atoms with E-state index in [-0.39, 0.29) is 6.03 Å². The van der Waals surface area contributed by atoms with Crippen LogP contribution in [0, 0.1) is 6.92 Å². The van der Waals surface area contributed by atoms with E-state index in [1.165, 1.54) is 107 Å². The second-order valence-electron chi connectivity index (χ2n) is 9.38. The van der Waals surface area contributed by atoms with E-state index in [0.717, 1.165) is 26.1 Å². The molecule has 0 heterocycles. The molecule has 3 heteroatoms. The number of carbonyl (C=O) groups excluding carboxylic acids is 1. The summed E-state index contributed by atoms with van der Waals surface area (Å²) >= 11 is 0. The van der Waals surface area contributed by atoms with Gasteiger partial charge in [-0.15, -0.1) is 0 Å². The van der Waals surface area contributed by atoms with Gasteiger partial charge in [0.2, 0.25) is 0 Å². The van der Waals surface area contributed by atoms with Crippen molar-refractivity contribution in [3.8, 4) is 0 Å². The van der Waals surface area contributed by atoms with Gasteiger partial charge in [-0.2, -0.15) is 0 Å². The highest BCUT2D eigenvalue weighted by molar-refractivity contribution is 5.73. The summed E-state index contributed by atoms with van der Waals surface area (Å²) < 4.78 is 0. The lowest BCUT2D eigenvalue weighted by molar-refractivity contribution is 0.203. The van der Waals surface area contributed by atoms with Gasteiger partial charge < -0.3 is 10.2 Å². The summed E-state index contributed by atoms with van der Waals surface area (Å²) in [5, 5.41) is 3.03. The lowest BCUT2D eigenvalue weighted by Crippen LogP contribution is -2.40. The minimum atomic E-state index is 0.0909. The molecule has 1 rings (SSSR count). The highest BCUT2D eigenvalue weighted by Gasteiger charge is 2.07. The zero-order valence-corrected chi connectivity index (χ0v) is 21.6. The molecule has 0 saturated heterocycles. The highest BCUT2D eigenvalue weighted by Crippen LogP contribution is 2.15. The Kier molecular flexibility index (Phi) is 17.9. The Morgan fingerprint density at radius 3 is 1.59 bits per heavy atom. The summed E-state index contributed by atoms with van der Waals surface area (Å²) in [4.78, 5) is 13.7. The Hall–Kier alpha value is -1.51. The van der Waals surface area contributed by atoms with E-state index in [2.05, 4.69) is 36.5 Å². The van der Waals surface area contributed by atoms with E-state index >= 15 is 0 Å². The molecular weight excluding hydrogens is 392 g/mol. The average Bonchev–Trinajstić information content (AvgIpc) is 2.80. The topological polar surface area (TPSA) is 32.3 Å². The lowest BCUT2D eigenvalue weighted by Gasteiger charge is -2.19. The van der Waals surface area contributed by atoms with Gasteiger partial charge in [0.05, 0.1) is 0 Å². The molecule has 32 heavy (non-hydrogen) atoms. The molecule has 184 valence electrons. The zero-order valence-electron chi connectivity index (χ0n) is 21.6. The molecule has 0 fully saturated rings. The summed E-state index contributed by atoms with van der Waals surface area (Å²) in [6.45, 7) is 8.68. The van der Waals surface area contributed by atoms with Crippen molar-refractivity contribution in [1.82, 2.24) is 10.2 Å². The molecular formula is C29H52N2O. The molecule has 3 nitrogen and oxygen atoms in total. The summed E-state index contributed by atoms with van der Waals surface area (Å²) in [5.41, 5.74) is 2.98. The molecule has 0 atom stereocenters. The molecule has 0 unspecified atom stereocenters. The van der Waals surface area contributed by atoms with Crippen LogP contribution in [0.25, 0.3) is 0 Å². The van der Waals surface area contributed by atoms with Crippen molar-refractivity contribution in [2.75, 3.05) is 19.6 Å². The molecule has 0 spiro atoms. The third-order valence-corrected chi connectivity index (χ3v) is 6.71. The van der Waals surface area contributed by atoms with Crippen molar-refractivity contribution in [2.45, 2.75) is 124 Å². The number of unbranched alkanes of at least 4 members (excludes halogenated alkanes) is 14. The summed E-state index contributed by atoms with van der Waals surface area (Å²) in [7, 11) is 0. The highest BCUT2D eigenvalue weighted by atomic mass is 16.2. The maximum absolute atomic E-state index is 11.8. The van der Waals surface area contributed by atoms with Crippen LogP contribution in [0.4, 0.5) is 4.79 Å². The maximum Gasteiger partial charge on any atom is 0.317 e. The van der Waals surface area contributed by atoms with Gasteiger partial charge >= 0.3 is 6.03 Å². The molecule has 1 aromatic rings. The van der Waals surface area contributed by atoms with Crippen LogP contribution < -0.4 is 5.32 Å². The second kappa shape index (κ2) is 20.1. The summed E-state index contributed by atoms with van der Waals surface area (Å²) in [5.74, 6) is 0. The van der Waals surface area contributed by atoms with Crippen molar-refractivity contribution < 1.29 is 4.79 Å². The molecule has 1 N–H and O–H groups in total. The van der Waals surface area contributed by atoms with E-state index in [4.69, 9.17) is 0 Å². The Bertz CT molecular complexity index is 568. The lowest BCUT2D eigenvalue weighted by atomic mass is 10.0. The normalized spacial score (nSPS) is 11.0. The van der Waals surface area contributed by atoms with E-state index < -0.39 is 0 Å². The van der Waals surface area contributed by atoms with E-state index in [9.17, 15) is 4.79 Å². The number of rotatable bonds is 20. The predicted octanol–water partition coefficient (Wildman–Crippen LogP) is 8.44. The van der Waals surface area contributed by atoms with Crippen LogP contribution in [0.15, 0.2) is 24.3 Å². The predicted molar refractivity (Wildman–Crippen MR) is 140 cm³/mol. The van der Waals surface area contributed by atoms with Crippen molar-refractivity contribution in [2.24, 2.45) is 0 Å². The molecule has 0 aliphatic heterocycles. The fraction of sp³-hybridized carbons (Fsp3) is 0.759. The number of urea groups is 1. The Balaban J connectivity index is 1.76. The first kappa shape index (κ1) is 28.5.